The van der Waals surface area contributed by atoms with Crippen LogP contribution in [-0.2, 0) is 12.8 Å². The molecule has 0 N–H and O–H groups in total. The summed E-state index contributed by atoms with van der Waals surface area (Å²) in [5.41, 5.74) is 5.24. The molecule has 2 aromatic rings. The first-order valence-electron chi connectivity index (χ1n) is 7.17. The highest BCUT2D eigenvalue weighted by molar-refractivity contribution is 6.22. The number of alkyl halides is 1. The second kappa shape index (κ2) is 5.88. The molecule has 1 nitrogen and oxygen atoms in total. The number of ether oxygens (including phenoxy) is 1. The van der Waals surface area contributed by atoms with Crippen molar-refractivity contribution in [1.82, 2.24) is 0 Å². The fourth-order valence-electron chi connectivity index (χ4n) is 2.90. The summed E-state index contributed by atoms with van der Waals surface area (Å²) in [5, 5.41) is -0.114. The minimum Gasteiger partial charge on any atom is -0.497 e. The molecule has 2 aromatic carbocycles. The molecule has 0 heterocycles. The Morgan fingerprint density at radius 3 is 2.50 bits per heavy atom. The van der Waals surface area contributed by atoms with Crippen LogP contribution in [0.25, 0.3) is 0 Å². The third-order valence-electron chi connectivity index (χ3n) is 4.05. The average molecular weight is 287 g/mol. The molecule has 0 fully saturated rings. The predicted octanol–water partition coefficient (Wildman–Crippen LogP) is 4.90. The van der Waals surface area contributed by atoms with Crippen LogP contribution >= 0.6 is 11.6 Å². The second-order valence-electron chi connectivity index (χ2n) is 5.37. The second-order valence-corrected chi connectivity index (χ2v) is 5.81. The normalized spacial score (nSPS) is 15.5. The van der Waals surface area contributed by atoms with E-state index in [1.807, 2.05) is 18.2 Å². The molecule has 20 heavy (non-hydrogen) atoms. The van der Waals surface area contributed by atoms with Crippen LogP contribution in [0.15, 0.2) is 42.5 Å². The van der Waals surface area contributed by atoms with Crippen molar-refractivity contribution >= 4 is 11.6 Å². The van der Waals surface area contributed by atoms with Crippen molar-refractivity contribution in [3.63, 3.8) is 0 Å². The first-order valence-corrected chi connectivity index (χ1v) is 7.61. The fraction of sp³-hybridized carbons (Fsp3) is 0.333. The standard InChI is InChI=1S/C18H19ClO/c1-20-17-8-4-7-15(12-17)18(19)16-10-9-13-5-2-3-6-14(13)11-16/h4,7-12,18H,2-3,5-6H2,1H3. The number of methoxy groups -OCH3 is 1. The van der Waals surface area contributed by atoms with Gasteiger partial charge >= 0.3 is 0 Å². The summed E-state index contributed by atoms with van der Waals surface area (Å²) in [7, 11) is 1.68. The van der Waals surface area contributed by atoms with Crippen LogP contribution < -0.4 is 4.74 Å². The van der Waals surface area contributed by atoms with Gasteiger partial charge in [0, 0.05) is 0 Å². The zero-order valence-electron chi connectivity index (χ0n) is 11.7. The van der Waals surface area contributed by atoms with Crippen LogP contribution in [0, 0.1) is 0 Å². The van der Waals surface area contributed by atoms with Gasteiger partial charge in [-0.15, -0.1) is 11.6 Å². The molecule has 0 aliphatic heterocycles. The lowest BCUT2D eigenvalue weighted by atomic mass is 9.89. The van der Waals surface area contributed by atoms with Crippen molar-refractivity contribution in [2.75, 3.05) is 7.11 Å². The van der Waals surface area contributed by atoms with E-state index in [2.05, 4.69) is 24.3 Å². The number of fused-ring (bicyclic) bond motifs is 1. The molecule has 0 saturated carbocycles. The van der Waals surface area contributed by atoms with E-state index >= 15 is 0 Å². The van der Waals surface area contributed by atoms with Gasteiger partial charge in [0.2, 0.25) is 0 Å². The topological polar surface area (TPSA) is 9.23 Å². The molecule has 0 bridgehead atoms. The summed E-state index contributed by atoms with van der Waals surface area (Å²) in [6, 6.07) is 14.7. The van der Waals surface area contributed by atoms with E-state index < -0.39 is 0 Å². The van der Waals surface area contributed by atoms with Gasteiger partial charge in [-0.2, -0.15) is 0 Å². The molecule has 1 aliphatic carbocycles. The maximum absolute atomic E-state index is 6.65. The first kappa shape index (κ1) is 13.5. The minimum atomic E-state index is -0.114. The summed E-state index contributed by atoms with van der Waals surface area (Å²) in [4.78, 5) is 0. The Morgan fingerprint density at radius 2 is 1.70 bits per heavy atom. The number of hydrogen-bond donors (Lipinski definition) is 0. The van der Waals surface area contributed by atoms with E-state index in [9.17, 15) is 0 Å². The van der Waals surface area contributed by atoms with E-state index in [1.165, 1.54) is 42.4 Å². The minimum absolute atomic E-state index is 0.114. The van der Waals surface area contributed by atoms with Gasteiger partial charge in [0.05, 0.1) is 12.5 Å². The maximum Gasteiger partial charge on any atom is 0.119 e. The molecule has 104 valence electrons. The Hall–Kier alpha value is -1.47. The molecule has 0 amide bonds. The zero-order valence-corrected chi connectivity index (χ0v) is 12.5. The van der Waals surface area contributed by atoms with Crippen molar-refractivity contribution in [2.24, 2.45) is 0 Å². The average Bonchev–Trinajstić information content (AvgIpc) is 2.53. The van der Waals surface area contributed by atoms with Crippen LogP contribution in [0.2, 0.25) is 0 Å². The number of halogens is 1. The van der Waals surface area contributed by atoms with Crippen LogP contribution in [-0.4, -0.2) is 7.11 Å². The van der Waals surface area contributed by atoms with Crippen molar-refractivity contribution in [2.45, 2.75) is 31.1 Å². The molecule has 0 radical (unpaired) electrons. The largest absolute Gasteiger partial charge is 0.497 e. The smallest absolute Gasteiger partial charge is 0.119 e. The third kappa shape index (κ3) is 2.69. The molecular weight excluding hydrogens is 268 g/mol. The van der Waals surface area contributed by atoms with Crippen molar-refractivity contribution < 1.29 is 4.74 Å². The predicted molar refractivity (Wildman–Crippen MR) is 83.8 cm³/mol. The summed E-state index contributed by atoms with van der Waals surface area (Å²) >= 11 is 6.65. The fourth-order valence-corrected chi connectivity index (χ4v) is 3.17. The molecule has 1 atom stereocenters. The molecule has 0 saturated heterocycles. The SMILES string of the molecule is COc1cccc(C(Cl)c2ccc3c(c2)CCCC3)c1. The molecule has 2 heteroatoms. The van der Waals surface area contributed by atoms with Crippen LogP contribution in [0.1, 0.15) is 40.5 Å². The van der Waals surface area contributed by atoms with Crippen molar-refractivity contribution in [3.05, 3.63) is 64.7 Å². The molecule has 1 unspecified atom stereocenters. The van der Waals surface area contributed by atoms with Gasteiger partial charge < -0.3 is 4.74 Å². The number of rotatable bonds is 3. The van der Waals surface area contributed by atoms with E-state index in [-0.39, 0.29) is 5.38 Å². The molecular formula is C18H19ClO. The first-order chi connectivity index (χ1) is 9.78. The molecule has 1 aliphatic rings. The van der Waals surface area contributed by atoms with Gasteiger partial charge in [-0.1, -0.05) is 30.3 Å². The molecule has 0 spiro atoms. The molecule has 3 rings (SSSR count). The number of benzene rings is 2. The van der Waals surface area contributed by atoms with Gasteiger partial charge in [0.25, 0.3) is 0 Å². The van der Waals surface area contributed by atoms with Gasteiger partial charge in [-0.05, 0) is 60.1 Å². The van der Waals surface area contributed by atoms with Crippen molar-refractivity contribution in [1.29, 1.82) is 0 Å². The van der Waals surface area contributed by atoms with Gasteiger partial charge in [-0.3, -0.25) is 0 Å². The van der Waals surface area contributed by atoms with Gasteiger partial charge in [-0.25, -0.2) is 0 Å². The number of hydrogen-bond acceptors (Lipinski definition) is 1. The highest BCUT2D eigenvalue weighted by atomic mass is 35.5. The Morgan fingerprint density at radius 1 is 0.950 bits per heavy atom. The maximum atomic E-state index is 6.65. The highest BCUT2D eigenvalue weighted by Gasteiger charge is 2.15. The quantitative estimate of drug-likeness (QED) is 0.729. The summed E-state index contributed by atoms with van der Waals surface area (Å²) in [6.45, 7) is 0. The Bertz CT molecular complexity index is 606. The van der Waals surface area contributed by atoms with Gasteiger partial charge in [0.15, 0.2) is 0 Å². The zero-order chi connectivity index (χ0) is 13.9. The van der Waals surface area contributed by atoms with E-state index in [0.29, 0.717) is 0 Å². The summed E-state index contributed by atoms with van der Waals surface area (Å²) in [5.74, 6) is 0.853. The van der Waals surface area contributed by atoms with Crippen LogP contribution in [0.3, 0.4) is 0 Å². The Balaban J connectivity index is 1.91. The highest BCUT2D eigenvalue weighted by Crippen LogP contribution is 2.33. The van der Waals surface area contributed by atoms with Crippen LogP contribution in [0.5, 0.6) is 5.75 Å². The lowest BCUT2D eigenvalue weighted by Gasteiger charge is -2.19. The lowest BCUT2D eigenvalue weighted by molar-refractivity contribution is 0.414. The molecule has 0 aromatic heterocycles. The lowest BCUT2D eigenvalue weighted by Crippen LogP contribution is -2.04. The van der Waals surface area contributed by atoms with Crippen LogP contribution in [0.4, 0.5) is 0 Å². The summed E-state index contributed by atoms with van der Waals surface area (Å²) in [6.07, 6.45) is 5.00. The Kier molecular flexibility index (Phi) is 3.98. The van der Waals surface area contributed by atoms with E-state index in [1.54, 1.807) is 7.11 Å². The third-order valence-corrected chi connectivity index (χ3v) is 4.56. The van der Waals surface area contributed by atoms with Crippen molar-refractivity contribution in [3.8, 4) is 5.75 Å². The number of aryl methyl sites for hydroxylation is 2. The summed E-state index contributed by atoms with van der Waals surface area (Å²) < 4.78 is 5.27. The van der Waals surface area contributed by atoms with Gasteiger partial charge in [0.1, 0.15) is 5.75 Å². The van der Waals surface area contributed by atoms with E-state index in [4.69, 9.17) is 16.3 Å². The monoisotopic (exact) mass is 286 g/mol. The Labute approximate surface area is 125 Å². The van der Waals surface area contributed by atoms with E-state index in [0.717, 1.165) is 11.3 Å².